The standard InChI is InChI=1S/C32H22Cl2F3N3O3/c1-2-17-8-14-24-29(42)40(39-28-25(34)15-20(16-38-28)32(35,36)37)30(43)31(24,19-9-11-21(33)12-10-19)26(17)23-13-7-18-5-3-4-6-22(18)27(23)41/h2-13,15-16,24,26,41H,1,14H2,(H,38,39). The van der Waals surface area contributed by atoms with Gasteiger partial charge in [0.15, 0.2) is 5.82 Å². The van der Waals surface area contributed by atoms with Gasteiger partial charge in [0.2, 0.25) is 0 Å². The number of alkyl halides is 3. The number of aromatic nitrogens is 1. The molecule has 4 aromatic rings. The van der Waals surface area contributed by atoms with Crippen molar-refractivity contribution in [3.05, 3.63) is 124 Å². The quantitative estimate of drug-likeness (QED) is 0.222. The SMILES string of the molecule is C=CC1=CCC2C(=O)N(Nc3ncc(C(F)(F)F)cc3Cl)C(=O)C2(c2ccc(Cl)cc2)C1c1ccc2ccccc2c1O. The molecule has 1 aliphatic heterocycles. The molecular weight excluding hydrogens is 602 g/mol. The molecule has 3 atom stereocenters. The summed E-state index contributed by atoms with van der Waals surface area (Å²) in [6.45, 7) is 3.96. The van der Waals surface area contributed by atoms with Crippen molar-refractivity contribution in [1.29, 1.82) is 0 Å². The van der Waals surface area contributed by atoms with E-state index >= 15 is 0 Å². The molecule has 3 unspecified atom stereocenters. The first-order chi connectivity index (χ1) is 20.5. The highest BCUT2D eigenvalue weighted by Gasteiger charge is 2.66. The highest BCUT2D eigenvalue weighted by Crippen LogP contribution is 2.59. The number of halogens is 5. The summed E-state index contributed by atoms with van der Waals surface area (Å²) in [7, 11) is 0. The van der Waals surface area contributed by atoms with Gasteiger partial charge in [-0.1, -0.05) is 90.5 Å². The number of nitrogens with zero attached hydrogens (tertiary/aromatic N) is 2. The maximum absolute atomic E-state index is 14.7. The lowest BCUT2D eigenvalue weighted by molar-refractivity contribution is -0.139. The summed E-state index contributed by atoms with van der Waals surface area (Å²) in [4.78, 5) is 32.6. The summed E-state index contributed by atoms with van der Waals surface area (Å²) in [5.41, 5.74) is 1.37. The molecule has 6 nitrogen and oxygen atoms in total. The number of phenolic OH excluding ortho intramolecular Hbond substituents is 1. The number of hydrogen-bond acceptors (Lipinski definition) is 5. The second kappa shape index (κ2) is 10.4. The number of fused-ring (bicyclic) bond motifs is 2. The average Bonchev–Trinajstić information content (AvgIpc) is 3.20. The van der Waals surface area contributed by atoms with Gasteiger partial charge in [0.1, 0.15) is 5.75 Å². The van der Waals surface area contributed by atoms with Gasteiger partial charge >= 0.3 is 6.18 Å². The maximum Gasteiger partial charge on any atom is 0.417 e. The van der Waals surface area contributed by atoms with E-state index < -0.39 is 45.8 Å². The molecule has 3 aromatic carbocycles. The van der Waals surface area contributed by atoms with Crippen LogP contribution in [-0.4, -0.2) is 26.9 Å². The van der Waals surface area contributed by atoms with Gasteiger partial charge in [-0.15, -0.1) is 0 Å². The summed E-state index contributed by atoms with van der Waals surface area (Å²) in [5.74, 6) is -3.54. The molecule has 1 aliphatic carbocycles. The predicted molar refractivity (Wildman–Crippen MR) is 158 cm³/mol. The van der Waals surface area contributed by atoms with Crippen LogP contribution in [0.5, 0.6) is 5.75 Å². The third kappa shape index (κ3) is 4.46. The number of amides is 2. The minimum absolute atomic E-state index is 0.0519. The topological polar surface area (TPSA) is 82.5 Å². The molecule has 11 heteroatoms. The maximum atomic E-state index is 14.7. The number of carbonyl (C=O) groups is 2. The van der Waals surface area contributed by atoms with Crippen LogP contribution in [0, 0.1) is 5.92 Å². The Morgan fingerprint density at radius 2 is 1.79 bits per heavy atom. The van der Waals surface area contributed by atoms with E-state index in [1.54, 1.807) is 48.5 Å². The van der Waals surface area contributed by atoms with Crippen LogP contribution in [0.4, 0.5) is 19.0 Å². The molecule has 0 spiro atoms. The molecule has 6 rings (SSSR count). The van der Waals surface area contributed by atoms with Crippen molar-refractivity contribution in [2.24, 2.45) is 5.92 Å². The Balaban J connectivity index is 1.56. The molecule has 2 amide bonds. The van der Waals surface area contributed by atoms with Crippen LogP contribution in [0.2, 0.25) is 10.0 Å². The van der Waals surface area contributed by atoms with Crippen LogP contribution in [0.25, 0.3) is 10.8 Å². The van der Waals surface area contributed by atoms with Gasteiger partial charge in [-0.05, 0) is 41.1 Å². The number of nitrogens with one attached hydrogen (secondary N) is 1. The third-order valence-corrected chi connectivity index (χ3v) is 8.73. The highest BCUT2D eigenvalue weighted by molar-refractivity contribution is 6.33. The van der Waals surface area contributed by atoms with E-state index in [9.17, 15) is 27.9 Å². The number of imide groups is 1. The Bertz CT molecular complexity index is 1840. The Morgan fingerprint density at radius 1 is 1.07 bits per heavy atom. The summed E-state index contributed by atoms with van der Waals surface area (Å²) in [6.07, 6.45) is -0.581. The number of rotatable bonds is 5. The Kier molecular flexibility index (Phi) is 6.98. The fraction of sp³-hybridized carbons (Fsp3) is 0.156. The van der Waals surface area contributed by atoms with Gasteiger partial charge in [-0.3, -0.25) is 15.0 Å². The predicted octanol–water partition coefficient (Wildman–Crippen LogP) is 7.82. The normalized spacial score (nSPS) is 22.0. The average molecular weight is 624 g/mol. The number of carbonyl (C=O) groups excluding carboxylic acids is 2. The van der Waals surface area contributed by atoms with Crippen LogP contribution in [-0.2, 0) is 21.2 Å². The first kappa shape index (κ1) is 28.8. The van der Waals surface area contributed by atoms with Crippen molar-refractivity contribution in [2.75, 3.05) is 5.43 Å². The number of hydrogen-bond donors (Lipinski definition) is 2. The largest absolute Gasteiger partial charge is 0.507 e. The smallest absolute Gasteiger partial charge is 0.417 e. The lowest BCUT2D eigenvalue weighted by Crippen LogP contribution is -2.48. The number of pyridine rings is 1. The minimum Gasteiger partial charge on any atom is -0.507 e. The molecule has 0 saturated carbocycles. The van der Waals surface area contributed by atoms with Crippen molar-refractivity contribution in [3.8, 4) is 5.75 Å². The van der Waals surface area contributed by atoms with E-state index in [1.165, 1.54) is 0 Å². The van der Waals surface area contributed by atoms with Crippen molar-refractivity contribution < 1.29 is 27.9 Å². The van der Waals surface area contributed by atoms with E-state index in [1.807, 2.05) is 24.3 Å². The zero-order valence-corrected chi connectivity index (χ0v) is 23.7. The second-order valence-electron chi connectivity index (χ2n) is 10.4. The monoisotopic (exact) mass is 623 g/mol. The van der Waals surface area contributed by atoms with Crippen LogP contribution in [0.3, 0.4) is 0 Å². The Hall–Kier alpha value is -4.34. The molecule has 2 heterocycles. The number of aromatic hydroxyl groups is 1. The number of hydrazine groups is 1. The van der Waals surface area contributed by atoms with Gasteiger partial charge in [0.25, 0.3) is 11.8 Å². The summed E-state index contributed by atoms with van der Waals surface area (Å²) >= 11 is 12.3. The molecule has 43 heavy (non-hydrogen) atoms. The van der Waals surface area contributed by atoms with Crippen LogP contribution < -0.4 is 5.43 Å². The molecule has 218 valence electrons. The Labute approximate surface area is 254 Å². The van der Waals surface area contributed by atoms with Gasteiger partial charge in [0.05, 0.1) is 21.9 Å². The summed E-state index contributed by atoms with van der Waals surface area (Å²) in [5, 5.41) is 13.7. The van der Waals surface area contributed by atoms with Crippen LogP contribution in [0.15, 0.2) is 97.2 Å². The van der Waals surface area contributed by atoms with E-state index in [-0.39, 0.29) is 18.0 Å². The van der Waals surface area contributed by atoms with Gasteiger partial charge in [-0.25, -0.2) is 4.98 Å². The van der Waals surface area contributed by atoms with Crippen molar-refractivity contribution in [1.82, 2.24) is 9.99 Å². The zero-order chi connectivity index (χ0) is 30.7. The second-order valence-corrected chi connectivity index (χ2v) is 11.2. The van der Waals surface area contributed by atoms with E-state index in [0.717, 1.165) is 10.4 Å². The molecule has 0 radical (unpaired) electrons. The van der Waals surface area contributed by atoms with Crippen LogP contribution in [0.1, 0.15) is 29.0 Å². The van der Waals surface area contributed by atoms with E-state index in [0.29, 0.717) is 39.4 Å². The first-order valence-electron chi connectivity index (χ1n) is 13.2. The fourth-order valence-corrected chi connectivity index (χ4v) is 6.60. The molecule has 1 saturated heterocycles. The van der Waals surface area contributed by atoms with E-state index in [4.69, 9.17) is 23.2 Å². The molecule has 2 aliphatic rings. The van der Waals surface area contributed by atoms with Crippen molar-refractivity contribution in [2.45, 2.75) is 23.9 Å². The van der Waals surface area contributed by atoms with Gasteiger partial charge < -0.3 is 5.11 Å². The molecule has 2 N–H and O–H groups in total. The minimum atomic E-state index is -4.69. The van der Waals surface area contributed by atoms with Crippen LogP contribution >= 0.6 is 23.2 Å². The molecule has 1 aromatic heterocycles. The number of allylic oxidation sites excluding steroid dienone is 3. The number of phenols is 1. The number of benzene rings is 3. The molecular formula is C32H22Cl2F3N3O3. The lowest BCUT2D eigenvalue weighted by Gasteiger charge is -2.43. The third-order valence-electron chi connectivity index (χ3n) is 8.19. The summed E-state index contributed by atoms with van der Waals surface area (Å²) < 4.78 is 39.7. The highest BCUT2D eigenvalue weighted by atomic mass is 35.5. The van der Waals surface area contributed by atoms with Crippen molar-refractivity contribution >= 4 is 51.6 Å². The zero-order valence-electron chi connectivity index (χ0n) is 22.2. The molecule has 0 bridgehead atoms. The Morgan fingerprint density at radius 3 is 2.47 bits per heavy atom. The number of anilines is 1. The molecule has 1 fully saturated rings. The van der Waals surface area contributed by atoms with Gasteiger partial charge in [-0.2, -0.15) is 18.2 Å². The van der Waals surface area contributed by atoms with E-state index in [2.05, 4.69) is 17.0 Å². The summed E-state index contributed by atoms with van der Waals surface area (Å²) in [6, 6.07) is 18.0. The lowest BCUT2D eigenvalue weighted by atomic mass is 9.56. The van der Waals surface area contributed by atoms with Gasteiger partial charge in [0, 0.05) is 28.1 Å². The van der Waals surface area contributed by atoms with Crippen molar-refractivity contribution in [3.63, 3.8) is 0 Å². The first-order valence-corrected chi connectivity index (χ1v) is 13.9. The fourth-order valence-electron chi connectivity index (χ4n) is 6.27.